The van der Waals surface area contributed by atoms with Crippen molar-refractivity contribution in [2.45, 2.75) is 33.2 Å². The monoisotopic (exact) mass is 904 g/mol. The van der Waals surface area contributed by atoms with Crippen LogP contribution in [0.4, 0.5) is 0 Å². The summed E-state index contributed by atoms with van der Waals surface area (Å²) in [7, 11) is 0. The Balaban J connectivity index is 0.000000201. The van der Waals surface area contributed by atoms with E-state index in [0.717, 1.165) is 37.8 Å². The van der Waals surface area contributed by atoms with Gasteiger partial charge in [-0.1, -0.05) is 146 Å². The van der Waals surface area contributed by atoms with Crippen molar-refractivity contribution >= 4 is 78.3 Å². The Kier molecular flexibility index (Phi) is 14.9. The summed E-state index contributed by atoms with van der Waals surface area (Å²) in [5.74, 6) is 2.57. The van der Waals surface area contributed by atoms with Crippen LogP contribution in [0.3, 0.4) is 0 Å². The Morgan fingerprint density at radius 1 is 0.577 bits per heavy atom. The highest BCUT2D eigenvalue weighted by Gasteiger charge is 2.15. The van der Waals surface area contributed by atoms with E-state index in [1.165, 1.54) is 6.20 Å². The second-order valence-corrected chi connectivity index (χ2v) is 14.4. The Labute approximate surface area is 338 Å². The van der Waals surface area contributed by atoms with E-state index in [-0.39, 0.29) is 12.5 Å². The van der Waals surface area contributed by atoms with Crippen LogP contribution < -0.4 is 18.9 Å². The predicted octanol–water partition coefficient (Wildman–Crippen LogP) is 13.1. The van der Waals surface area contributed by atoms with Crippen molar-refractivity contribution in [3.8, 4) is 34.8 Å². The van der Waals surface area contributed by atoms with Crippen LogP contribution in [0.15, 0.2) is 118 Å². The molecule has 0 saturated heterocycles. The minimum Gasteiger partial charge on any atom is -0.487 e. The van der Waals surface area contributed by atoms with Gasteiger partial charge in [-0.3, -0.25) is 0 Å². The van der Waals surface area contributed by atoms with Gasteiger partial charge < -0.3 is 24.1 Å². The van der Waals surface area contributed by atoms with Crippen molar-refractivity contribution in [3.05, 3.63) is 161 Å². The van der Waals surface area contributed by atoms with Crippen LogP contribution >= 0.6 is 78.3 Å². The number of rotatable bonds is 12. The molecule has 0 fully saturated rings. The number of pyridine rings is 2. The lowest BCUT2D eigenvalue weighted by Gasteiger charge is -2.13. The summed E-state index contributed by atoms with van der Waals surface area (Å²) in [6.45, 7) is 2.69. The molecule has 0 aliphatic rings. The molecule has 1 N–H and O–H groups in total. The van der Waals surface area contributed by atoms with Crippen molar-refractivity contribution in [3.63, 3.8) is 0 Å². The van der Waals surface area contributed by atoms with Crippen LogP contribution in [-0.4, -0.2) is 15.1 Å². The van der Waals surface area contributed by atoms with Crippen molar-refractivity contribution in [2.24, 2.45) is 0 Å². The fraction of sp³-hybridized carbons (Fsp3) is 0.128. The number of aliphatic hydroxyl groups is 1. The molecule has 0 atom stereocenters. The first-order valence-corrected chi connectivity index (χ1v) is 18.8. The Bertz CT molecular complexity index is 1910. The van der Waals surface area contributed by atoms with Gasteiger partial charge in [0.25, 0.3) is 0 Å². The van der Waals surface area contributed by atoms with Gasteiger partial charge in [-0.15, -0.1) is 0 Å². The maximum atomic E-state index is 9.63. The Morgan fingerprint density at radius 3 is 1.35 bits per heavy atom. The number of hydrogen-bond donors (Lipinski definition) is 1. The fourth-order valence-corrected chi connectivity index (χ4v) is 7.20. The third-order valence-electron chi connectivity index (χ3n) is 7.21. The number of ether oxygens (including phenoxy) is 4. The zero-order valence-corrected chi connectivity index (χ0v) is 33.7. The zero-order chi connectivity index (χ0) is 37.0. The number of nitrogens with zero attached hydrogens (tertiary/aromatic N) is 2. The third kappa shape index (κ3) is 11.2. The molecular weight excluding hydrogens is 878 g/mol. The average molecular weight is 908 g/mol. The largest absolute Gasteiger partial charge is 0.487 e. The van der Waals surface area contributed by atoms with Gasteiger partial charge in [0.15, 0.2) is 11.5 Å². The summed E-state index contributed by atoms with van der Waals surface area (Å²) < 4.78 is 24.7. The first kappa shape index (κ1) is 39.7. The van der Waals surface area contributed by atoms with Gasteiger partial charge >= 0.3 is 0 Å². The van der Waals surface area contributed by atoms with Crippen molar-refractivity contribution in [1.29, 1.82) is 0 Å². The first-order valence-electron chi connectivity index (χ1n) is 15.7. The fourth-order valence-electron chi connectivity index (χ4n) is 4.63. The second-order valence-electron chi connectivity index (χ2n) is 10.9. The van der Waals surface area contributed by atoms with E-state index in [1.54, 1.807) is 36.5 Å². The predicted molar refractivity (Wildman–Crippen MR) is 214 cm³/mol. The molecule has 13 heteroatoms. The van der Waals surface area contributed by atoms with Crippen LogP contribution in [0, 0.1) is 0 Å². The summed E-state index contributed by atoms with van der Waals surface area (Å²) >= 11 is 31.4. The lowest BCUT2D eigenvalue weighted by Crippen LogP contribution is -2.00. The molecule has 0 aliphatic carbocycles. The van der Waals surface area contributed by atoms with Crippen LogP contribution in [0.2, 0.25) is 20.1 Å². The highest BCUT2D eigenvalue weighted by molar-refractivity contribution is 9.10. The Morgan fingerprint density at radius 2 is 0.962 bits per heavy atom. The van der Waals surface area contributed by atoms with Gasteiger partial charge in [0, 0.05) is 32.2 Å². The van der Waals surface area contributed by atoms with Crippen molar-refractivity contribution < 1.29 is 24.1 Å². The van der Waals surface area contributed by atoms with Crippen LogP contribution in [-0.2, 0) is 26.2 Å². The van der Waals surface area contributed by atoms with E-state index >= 15 is 0 Å². The van der Waals surface area contributed by atoms with Gasteiger partial charge in [0.1, 0.15) is 24.7 Å². The van der Waals surface area contributed by atoms with E-state index in [9.17, 15) is 5.11 Å². The molecule has 268 valence electrons. The summed E-state index contributed by atoms with van der Waals surface area (Å²) in [6, 6.07) is 30.0. The van der Waals surface area contributed by atoms with Crippen LogP contribution in [0.25, 0.3) is 0 Å². The molecule has 0 spiro atoms. The molecular formula is C39H30Br2Cl4N2O5. The quantitative estimate of drug-likeness (QED) is 0.131. The van der Waals surface area contributed by atoms with E-state index in [0.29, 0.717) is 62.0 Å². The molecule has 0 radical (unpaired) electrons. The lowest BCUT2D eigenvalue weighted by atomic mass is 10.2. The number of aryl methyl sites for hydroxylation is 1. The van der Waals surface area contributed by atoms with Crippen LogP contribution in [0.1, 0.15) is 29.2 Å². The smallest absolute Gasteiger partial charge is 0.219 e. The minimum atomic E-state index is -0.217. The van der Waals surface area contributed by atoms with Gasteiger partial charge in [0.05, 0.1) is 39.1 Å². The lowest BCUT2D eigenvalue weighted by molar-refractivity contribution is 0.257. The highest BCUT2D eigenvalue weighted by atomic mass is 79.9. The standard InChI is InChI=1S/C20H16BrCl2NO2.C19H14BrCl2NO3/c1-2-14-8-19(26-20-16(22)9-15(21)10-17(20)23)24-11-18(14)25-12-13-6-4-3-5-7-13;20-14-7-15(21)19(16(22)8-14)26-18-6-13(10-24)17(9-23-18)25-11-12-4-2-1-3-5-12/h3-11H,2,12H2,1H3;1-9,24H,10-11H2. The van der Waals surface area contributed by atoms with E-state index in [4.69, 9.17) is 65.4 Å². The Hall–Kier alpha value is -3.54. The minimum absolute atomic E-state index is 0.217. The molecule has 6 aromatic rings. The van der Waals surface area contributed by atoms with Gasteiger partial charge in [0.2, 0.25) is 11.8 Å². The average Bonchev–Trinajstić information content (AvgIpc) is 3.14. The molecule has 0 amide bonds. The number of aliphatic hydroxyl groups excluding tert-OH is 1. The van der Waals surface area contributed by atoms with Crippen LogP contribution in [0.5, 0.6) is 34.8 Å². The molecule has 7 nitrogen and oxygen atoms in total. The maximum Gasteiger partial charge on any atom is 0.219 e. The molecule has 0 unspecified atom stereocenters. The molecule has 2 heterocycles. The van der Waals surface area contributed by atoms with Gasteiger partial charge in [-0.05, 0) is 41.8 Å². The molecule has 0 bridgehead atoms. The normalized spacial score (nSPS) is 10.6. The SMILES string of the molecule is CCc1cc(Oc2c(Cl)cc(Br)cc2Cl)ncc1OCc1ccccc1.OCc1cc(Oc2c(Cl)cc(Br)cc2Cl)ncc1OCc1ccccc1. The molecule has 52 heavy (non-hydrogen) atoms. The molecule has 0 aliphatic heterocycles. The first-order chi connectivity index (χ1) is 25.1. The van der Waals surface area contributed by atoms with Gasteiger partial charge in [-0.2, -0.15) is 0 Å². The number of halogens is 6. The second kappa shape index (κ2) is 19.5. The van der Waals surface area contributed by atoms with E-state index in [2.05, 4.69) is 41.8 Å². The maximum absolute atomic E-state index is 9.63. The number of benzene rings is 4. The van der Waals surface area contributed by atoms with Crippen molar-refractivity contribution in [1.82, 2.24) is 9.97 Å². The molecule has 0 saturated carbocycles. The summed E-state index contributed by atoms with van der Waals surface area (Å²) in [5.41, 5.74) is 3.67. The third-order valence-corrected chi connectivity index (χ3v) is 9.25. The van der Waals surface area contributed by atoms with Crippen molar-refractivity contribution in [2.75, 3.05) is 0 Å². The number of hydrogen-bond acceptors (Lipinski definition) is 7. The zero-order valence-electron chi connectivity index (χ0n) is 27.5. The summed E-state index contributed by atoms with van der Waals surface area (Å²) in [5, 5.41) is 11.1. The molecule has 6 rings (SSSR count). The summed E-state index contributed by atoms with van der Waals surface area (Å²) in [6.07, 6.45) is 3.95. The molecule has 2 aromatic heterocycles. The van der Waals surface area contributed by atoms with E-state index < -0.39 is 0 Å². The van der Waals surface area contributed by atoms with Gasteiger partial charge in [-0.25, -0.2) is 9.97 Å². The summed E-state index contributed by atoms with van der Waals surface area (Å²) in [4.78, 5) is 8.54. The highest BCUT2D eigenvalue weighted by Crippen LogP contribution is 2.40. The number of aromatic nitrogens is 2. The topological polar surface area (TPSA) is 82.9 Å². The molecule has 4 aromatic carbocycles. The van der Waals surface area contributed by atoms with E-state index in [1.807, 2.05) is 73.7 Å².